The van der Waals surface area contributed by atoms with Crippen LogP contribution in [-0.4, -0.2) is 44.8 Å². The van der Waals surface area contributed by atoms with E-state index in [1.54, 1.807) is 0 Å². The Morgan fingerprint density at radius 2 is 2.00 bits per heavy atom. The van der Waals surface area contributed by atoms with Crippen LogP contribution in [0.5, 0.6) is 0 Å². The van der Waals surface area contributed by atoms with Crippen LogP contribution < -0.4 is 10.5 Å². The molecule has 0 amide bonds. The SMILES string of the molecule is CCCCNS(=O)(=O)CC[C@@](N)(OC)[C@@H](O)CC1CCCCC1. The maximum Gasteiger partial charge on any atom is 0.211 e. The Balaban J connectivity index is 2.51. The van der Waals surface area contributed by atoms with Gasteiger partial charge in [0.05, 0.1) is 11.9 Å². The zero-order chi connectivity index (χ0) is 17.3. The van der Waals surface area contributed by atoms with E-state index in [4.69, 9.17) is 10.5 Å². The Labute approximate surface area is 141 Å². The van der Waals surface area contributed by atoms with Gasteiger partial charge in [-0.15, -0.1) is 0 Å². The van der Waals surface area contributed by atoms with Crippen molar-refractivity contribution < 1.29 is 18.3 Å². The van der Waals surface area contributed by atoms with E-state index in [1.165, 1.54) is 26.4 Å². The van der Waals surface area contributed by atoms with E-state index < -0.39 is 21.9 Å². The molecule has 138 valence electrons. The van der Waals surface area contributed by atoms with Crippen LogP contribution in [0.3, 0.4) is 0 Å². The highest BCUT2D eigenvalue weighted by Crippen LogP contribution is 2.30. The third-order valence-corrected chi connectivity index (χ3v) is 6.22. The minimum absolute atomic E-state index is 0.0822. The first-order valence-corrected chi connectivity index (χ1v) is 10.5. The first-order valence-electron chi connectivity index (χ1n) is 8.82. The van der Waals surface area contributed by atoms with E-state index in [0.717, 1.165) is 25.7 Å². The van der Waals surface area contributed by atoms with Crippen molar-refractivity contribution in [2.45, 2.75) is 76.5 Å². The van der Waals surface area contributed by atoms with Crippen molar-refractivity contribution in [1.82, 2.24) is 4.72 Å². The fourth-order valence-electron chi connectivity index (χ4n) is 3.11. The quantitative estimate of drug-likeness (QED) is 0.389. The molecule has 0 aromatic heterocycles. The number of nitrogens with two attached hydrogens (primary N) is 1. The maximum atomic E-state index is 12.0. The molecule has 0 saturated heterocycles. The summed E-state index contributed by atoms with van der Waals surface area (Å²) in [5.74, 6) is 0.319. The lowest BCUT2D eigenvalue weighted by Gasteiger charge is -2.35. The molecule has 0 unspecified atom stereocenters. The molecule has 0 spiro atoms. The summed E-state index contributed by atoms with van der Waals surface area (Å²) in [6.07, 6.45) is 7.40. The van der Waals surface area contributed by atoms with E-state index in [-0.39, 0.29) is 12.2 Å². The summed E-state index contributed by atoms with van der Waals surface area (Å²) in [5, 5.41) is 10.5. The van der Waals surface area contributed by atoms with Crippen molar-refractivity contribution in [2.24, 2.45) is 11.7 Å². The number of nitrogens with one attached hydrogen (secondary N) is 1. The number of aliphatic hydroxyl groups excluding tert-OH is 1. The maximum absolute atomic E-state index is 12.0. The van der Waals surface area contributed by atoms with Crippen molar-refractivity contribution in [3.63, 3.8) is 0 Å². The third kappa shape index (κ3) is 7.47. The van der Waals surface area contributed by atoms with Gasteiger partial charge in [-0.3, -0.25) is 0 Å². The average Bonchev–Trinajstić information content (AvgIpc) is 2.54. The van der Waals surface area contributed by atoms with Gasteiger partial charge in [-0.25, -0.2) is 13.1 Å². The van der Waals surface area contributed by atoms with Crippen LogP contribution in [0.15, 0.2) is 0 Å². The van der Waals surface area contributed by atoms with Crippen LogP contribution in [0, 0.1) is 5.92 Å². The molecule has 0 aromatic rings. The number of unbranched alkanes of at least 4 members (excludes halogenated alkanes) is 1. The van der Waals surface area contributed by atoms with Gasteiger partial charge in [-0.05, 0) is 18.8 Å². The number of aliphatic hydroxyl groups is 1. The summed E-state index contributed by atoms with van der Waals surface area (Å²) in [5.41, 5.74) is 4.85. The fraction of sp³-hybridized carbons (Fsp3) is 1.00. The average molecular weight is 351 g/mol. The Morgan fingerprint density at radius 1 is 1.35 bits per heavy atom. The van der Waals surface area contributed by atoms with Gasteiger partial charge in [0, 0.05) is 20.1 Å². The largest absolute Gasteiger partial charge is 0.389 e. The van der Waals surface area contributed by atoms with E-state index >= 15 is 0 Å². The Kier molecular flexibility index (Phi) is 9.00. The number of methoxy groups -OCH3 is 1. The normalized spacial score (nSPS) is 21.0. The molecular weight excluding hydrogens is 316 g/mol. The van der Waals surface area contributed by atoms with Gasteiger partial charge in [-0.2, -0.15) is 0 Å². The highest BCUT2D eigenvalue weighted by molar-refractivity contribution is 7.89. The lowest BCUT2D eigenvalue weighted by Crippen LogP contribution is -2.54. The fourth-order valence-corrected chi connectivity index (χ4v) is 4.30. The van der Waals surface area contributed by atoms with Gasteiger partial charge in [0.1, 0.15) is 5.72 Å². The molecule has 0 radical (unpaired) electrons. The summed E-state index contributed by atoms with van der Waals surface area (Å²) in [6, 6.07) is 0. The van der Waals surface area contributed by atoms with Crippen molar-refractivity contribution >= 4 is 10.0 Å². The lowest BCUT2D eigenvalue weighted by atomic mass is 9.83. The zero-order valence-corrected chi connectivity index (χ0v) is 15.4. The summed E-state index contributed by atoms with van der Waals surface area (Å²) in [4.78, 5) is 0. The van der Waals surface area contributed by atoms with Crippen molar-refractivity contribution in [3.8, 4) is 0 Å². The molecule has 1 aliphatic rings. The van der Waals surface area contributed by atoms with Gasteiger partial charge < -0.3 is 15.6 Å². The number of sulfonamides is 1. The van der Waals surface area contributed by atoms with Gasteiger partial charge in [0.25, 0.3) is 0 Å². The van der Waals surface area contributed by atoms with Gasteiger partial charge >= 0.3 is 0 Å². The Hall–Kier alpha value is -0.210. The molecule has 6 nitrogen and oxygen atoms in total. The molecular formula is C16H34N2O4S. The van der Waals surface area contributed by atoms with Crippen LogP contribution in [-0.2, 0) is 14.8 Å². The molecule has 1 rings (SSSR count). The Bertz CT molecular complexity index is 424. The minimum atomic E-state index is -3.38. The molecule has 1 aliphatic carbocycles. The molecule has 2 atom stereocenters. The summed E-state index contributed by atoms with van der Waals surface area (Å²) < 4.78 is 31.8. The minimum Gasteiger partial charge on any atom is -0.389 e. The highest BCUT2D eigenvalue weighted by Gasteiger charge is 2.36. The van der Waals surface area contributed by atoms with E-state index in [9.17, 15) is 13.5 Å². The molecule has 4 N–H and O–H groups in total. The van der Waals surface area contributed by atoms with Crippen LogP contribution >= 0.6 is 0 Å². The first kappa shape index (κ1) is 20.8. The molecule has 1 fully saturated rings. The van der Waals surface area contributed by atoms with E-state index in [2.05, 4.69) is 4.72 Å². The molecule has 7 heteroatoms. The van der Waals surface area contributed by atoms with Crippen LogP contribution in [0.2, 0.25) is 0 Å². The number of rotatable bonds is 11. The highest BCUT2D eigenvalue weighted by atomic mass is 32.2. The molecule has 0 aliphatic heterocycles. The standard InChI is InChI=1S/C16H34N2O4S/c1-3-4-11-18-23(20,21)12-10-16(17,22-2)15(19)13-14-8-6-5-7-9-14/h14-15,18-19H,3-13,17H2,1-2H3/t15-,16+/m0/s1. The van der Waals surface area contributed by atoms with Crippen molar-refractivity contribution in [3.05, 3.63) is 0 Å². The molecule has 23 heavy (non-hydrogen) atoms. The lowest BCUT2D eigenvalue weighted by molar-refractivity contribution is -0.109. The smallest absolute Gasteiger partial charge is 0.211 e. The third-order valence-electron chi connectivity index (χ3n) is 4.84. The van der Waals surface area contributed by atoms with Gasteiger partial charge in [-0.1, -0.05) is 45.4 Å². The summed E-state index contributed by atoms with van der Waals surface area (Å²) in [6.45, 7) is 2.44. The monoisotopic (exact) mass is 350 g/mol. The van der Waals surface area contributed by atoms with Gasteiger partial charge in [0.15, 0.2) is 0 Å². The number of hydrogen-bond donors (Lipinski definition) is 3. The van der Waals surface area contributed by atoms with Gasteiger partial charge in [0.2, 0.25) is 10.0 Å². The predicted octanol–water partition coefficient (Wildman–Crippen LogP) is 1.73. The van der Waals surface area contributed by atoms with Crippen LogP contribution in [0.1, 0.15) is 64.7 Å². The summed E-state index contributed by atoms with van der Waals surface area (Å²) in [7, 11) is -1.95. The number of hydrogen-bond acceptors (Lipinski definition) is 5. The topological polar surface area (TPSA) is 102 Å². The first-order chi connectivity index (χ1) is 10.8. The van der Waals surface area contributed by atoms with E-state index in [0.29, 0.717) is 18.9 Å². The van der Waals surface area contributed by atoms with Crippen molar-refractivity contribution in [2.75, 3.05) is 19.4 Å². The van der Waals surface area contributed by atoms with Crippen LogP contribution in [0.25, 0.3) is 0 Å². The molecule has 0 heterocycles. The van der Waals surface area contributed by atoms with E-state index in [1.807, 2.05) is 6.92 Å². The second-order valence-corrected chi connectivity index (χ2v) is 8.66. The molecule has 0 aromatic carbocycles. The zero-order valence-electron chi connectivity index (χ0n) is 14.6. The van der Waals surface area contributed by atoms with Crippen LogP contribution in [0.4, 0.5) is 0 Å². The Morgan fingerprint density at radius 3 is 2.57 bits per heavy atom. The molecule has 1 saturated carbocycles. The second kappa shape index (κ2) is 9.93. The second-order valence-electron chi connectivity index (χ2n) is 6.73. The molecule has 0 bridgehead atoms. The summed E-state index contributed by atoms with van der Waals surface area (Å²) >= 11 is 0. The number of ether oxygens (including phenoxy) is 1. The predicted molar refractivity (Wildman–Crippen MR) is 92.4 cm³/mol. The van der Waals surface area contributed by atoms with Crippen molar-refractivity contribution in [1.29, 1.82) is 0 Å².